The summed E-state index contributed by atoms with van der Waals surface area (Å²) < 4.78 is 0. The molecule has 0 radical (unpaired) electrons. The SMILES string of the molecule is CCN(CC1CC1)CC1CCCNC1. The highest BCUT2D eigenvalue weighted by molar-refractivity contribution is 4.79. The molecular weight excluding hydrogens is 172 g/mol. The Kier molecular flexibility index (Phi) is 3.82. The van der Waals surface area contributed by atoms with Crippen LogP contribution in [0.4, 0.5) is 0 Å². The molecule has 0 aromatic rings. The van der Waals surface area contributed by atoms with E-state index in [0.29, 0.717) is 0 Å². The van der Waals surface area contributed by atoms with Crippen LogP contribution in [0.2, 0.25) is 0 Å². The van der Waals surface area contributed by atoms with Crippen molar-refractivity contribution >= 4 is 0 Å². The first-order chi connectivity index (χ1) is 6.88. The Balaban J connectivity index is 1.68. The third kappa shape index (κ3) is 3.25. The topological polar surface area (TPSA) is 15.3 Å². The molecule has 1 aliphatic carbocycles. The van der Waals surface area contributed by atoms with E-state index in [0.717, 1.165) is 11.8 Å². The lowest BCUT2D eigenvalue weighted by Crippen LogP contribution is -2.39. The largest absolute Gasteiger partial charge is 0.316 e. The van der Waals surface area contributed by atoms with Crippen LogP contribution in [0.25, 0.3) is 0 Å². The molecule has 2 fully saturated rings. The zero-order valence-electron chi connectivity index (χ0n) is 9.47. The maximum absolute atomic E-state index is 3.51. The number of hydrogen-bond donors (Lipinski definition) is 1. The number of piperidine rings is 1. The third-order valence-corrected chi connectivity index (χ3v) is 3.58. The minimum atomic E-state index is 0.919. The second kappa shape index (κ2) is 5.13. The maximum Gasteiger partial charge on any atom is 0.00218 e. The second-order valence-electron chi connectivity index (χ2n) is 5.01. The first-order valence-electron chi connectivity index (χ1n) is 6.31. The maximum atomic E-state index is 3.51. The summed E-state index contributed by atoms with van der Waals surface area (Å²) in [6, 6.07) is 0. The quantitative estimate of drug-likeness (QED) is 0.720. The summed E-state index contributed by atoms with van der Waals surface area (Å²) in [6.45, 7) is 8.74. The van der Waals surface area contributed by atoms with Crippen LogP contribution in [0.5, 0.6) is 0 Å². The van der Waals surface area contributed by atoms with Gasteiger partial charge in [-0.25, -0.2) is 0 Å². The van der Waals surface area contributed by atoms with Crippen molar-refractivity contribution in [2.75, 3.05) is 32.7 Å². The van der Waals surface area contributed by atoms with Gasteiger partial charge in [0, 0.05) is 13.1 Å². The molecular formula is C12H24N2. The summed E-state index contributed by atoms with van der Waals surface area (Å²) in [6.07, 6.45) is 5.79. The number of rotatable bonds is 5. The van der Waals surface area contributed by atoms with Gasteiger partial charge >= 0.3 is 0 Å². The molecule has 1 heterocycles. The summed E-state index contributed by atoms with van der Waals surface area (Å²) in [5.74, 6) is 1.97. The van der Waals surface area contributed by atoms with Crippen LogP contribution in [-0.2, 0) is 0 Å². The van der Waals surface area contributed by atoms with E-state index in [-0.39, 0.29) is 0 Å². The van der Waals surface area contributed by atoms with E-state index in [4.69, 9.17) is 0 Å². The van der Waals surface area contributed by atoms with E-state index in [1.165, 1.54) is 58.4 Å². The smallest absolute Gasteiger partial charge is 0.00218 e. The zero-order valence-corrected chi connectivity index (χ0v) is 9.47. The molecule has 2 nitrogen and oxygen atoms in total. The van der Waals surface area contributed by atoms with Gasteiger partial charge in [0.25, 0.3) is 0 Å². The van der Waals surface area contributed by atoms with Crippen LogP contribution in [0.1, 0.15) is 32.6 Å². The van der Waals surface area contributed by atoms with E-state index in [9.17, 15) is 0 Å². The van der Waals surface area contributed by atoms with E-state index in [1.807, 2.05) is 0 Å². The molecule has 0 amide bonds. The van der Waals surface area contributed by atoms with Gasteiger partial charge in [0.2, 0.25) is 0 Å². The zero-order chi connectivity index (χ0) is 9.80. The molecule has 1 saturated carbocycles. The molecule has 2 heteroatoms. The van der Waals surface area contributed by atoms with Crippen molar-refractivity contribution < 1.29 is 0 Å². The van der Waals surface area contributed by atoms with E-state index >= 15 is 0 Å². The van der Waals surface area contributed by atoms with Crippen molar-refractivity contribution in [3.8, 4) is 0 Å². The van der Waals surface area contributed by atoms with Crippen LogP contribution in [0, 0.1) is 11.8 Å². The standard InChI is InChI=1S/C12H24N2/c1-2-14(9-11-5-6-11)10-12-4-3-7-13-8-12/h11-13H,2-10H2,1H3. The molecule has 82 valence electrons. The van der Waals surface area contributed by atoms with Gasteiger partial charge in [0.05, 0.1) is 0 Å². The summed E-state index contributed by atoms with van der Waals surface area (Å²) in [5.41, 5.74) is 0. The van der Waals surface area contributed by atoms with Gasteiger partial charge in [-0.3, -0.25) is 0 Å². The monoisotopic (exact) mass is 196 g/mol. The van der Waals surface area contributed by atoms with Crippen molar-refractivity contribution in [3.63, 3.8) is 0 Å². The van der Waals surface area contributed by atoms with E-state index in [1.54, 1.807) is 0 Å². The van der Waals surface area contributed by atoms with Gasteiger partial charge in [-0.1, -0.05) is 6.92 Å². The van der Waals surface area contributed by atoms with Gasteiger partial charge < -0.3 is 10.2 Å². The van der Waals surface area contributed by atoms with Gasteiger partial charge in [-0.15, -0.1) is 0 Å². The van der Waals surface area contributed by atoms with Crippen LogP contribution < -0.4 is 5.32 Å². The lowest BCUT2D eigenvalue weighted by molar-refractivity contribution is 0.209. The van der Waals surface area contributed by atoms with Crippen LogP contribution in [-0.4, -0.2) is 37.6 Å². The highest BCUT2D eigenvalue weighted by atomic mass is 15.1. The van der Waals surface area contributed by atoms with Gasteiger partial charge in [-0.2, -0.15) is 0 Å². The van der Waals surface area contributed by atoms with Gasteiger partial charge in [-0.05, 0) is 57.2 Å². The van der Waals surface area contributed by atoms with Crippen molar-refractivity contribution in [2.45, 2.75) is 32.6 Å². The lowest BCUT2D eigenvalue weighted by Gasteiger charge is -2.29. The van der Waals surface area contributed by atoms with E-state index < -0.39 is 0 Å². The van der Waals surface area contributed by atoms with Crippen LogP contribution >= 0.6 is 0 Å². The third-order valence-electron chi connectivity index (χ3n) is 3.58. The fraction of sp³-hybridized carbons (Fsp3) is 1.00. The summed E-state index contributed by atoms with van der Waals surface area (Å²) >= 11 is 0. The highest BCUT2D eigenvalue weighted by Gasteiger charge is 2.25. The Bertz CT molecular complexity index is 160. The van der Waals surface area contributed by atoms with Gasteiger partial charge in [0.15, 0.2) is 0 Å². The molecule has 1 atom stereocenters. The van der Waals surface area contributed by atoms with Crippen molar-refractivity contribution in [2.24, 2.45) is 11.8 Å². The molecule has 2 rings (SSSR count). The Hall–Kier alpha value is -0.0800. The van der Waals surface area contributed by atoms with Crippen LogP contribution in [0.3, 0.4) is 0 Å². The highest BCUT2D eigenvalue weighted by Crippen LogP contribution is 2.30. The van der Waals surface area contributed by atoms with Crippen molar-refractivity contribution in [1.29, 1.82) is 0 Å². The predicted molar refractivity (Wildman–Crippen MR) is 60.4 cm³/mol. The summed E-state index contributed by atoms with van der Waals surface area (Å²) in [7, 11) is 0. The Morgan fingerprint density at radius 2 is 1.93 bits per heavy atom. The Labute approximate surface area is 88.1 Å². The molecule has 1 N–H and O–H groups in total. The fourth-order valence-corrected chi connectivity index (χ4v) is 2.44. The molecule has 2 aliphatic rings. The number of nitrogens with one attached hydrogen (secondary N) is 1. The molecule has 0 bridgehead atoms. The fourth-order valence-electron chi connectivity index (χ4n) is 2.44. The molecule has 0 spiro atoms. The normalized spacial score (nSPS) is 28.3. The molecule has 1 aliphatic heterocycles. The molecule has 1 unspecified atom stereocenters. The van der Waals surface area contributed by atoms with E-state index in [2.05, 4.69) is 17.1 Å². The first kappa shape index (κ1) is 10.4. The van der Waals surface area contributed by atoms with Gasteiger partial charge in [0.1, 0.15) is 0 Å². The second-order valence-corrected chi connectivity index (χ2v) is 5.01. The number of hydrogen-bond acceptors (Lipinski definition) is 2. The molecule has 0 aromatic heterocycles. The summed E-state index contributed by atoms with van der Waals surface area (Å²) in [5, 5.41) is 3.51. The number of nitrogens with zero attached hydrogens (tertiary/aromatic N) is 1. The minimum Gasteiger partial charge on any atom is -0.316 e. The molecule has 0 aromatic carbocycles. The van der Waals surface area contributed by atoms with Crippen LogP contribution in [0.15, 0.2) is 0 Å². The lowest BCUT2D eigenvalue weighted by atomic mass is 9.99. The van der Waals surface area contributed by atoms with Crippen molar-refractivity contribution in [1.82, 2.24) is 10.2 Å². The average molecular weight is 196 g/mol. The molecule has 1 saturated heterocycles. The summed E-state index contributed by atoms with van der Waals surface area (Å²) in [4.78, 5) is 2.66. The Morgan fingerprint density at radius 3 is 2.50 bits per heavy atom. The first-order valence-corrected chi connectivity index (χ1v) is 6.31. The minimum absolute atomic E-state index is 0.919. The Morgan fingerprint density at radius 1 is 1.14 bits per heavy atom. The van der Waals surface area contributed by atoms with Crippen molar-refractivity contribution in [3.05, 3.63) is 0 Å². The average Bonchev–Trinajstić information content (AvgIpc) is 3.02. The molecule has 14 heavy (non-hydrogen) atoms. The predicted octanol–water partition coefficient (Wildman–Crippen LogP) is 1.72.